The molecule has 4 heteroatoms. The zero-order valence-electron chi connectivity index (χ0n) is 9.29. The second-order valence-corrected chi connectivity index (χ2v) is 3.54. The van der Waals surface area contributed by atoms with Crippen molar-refractivity contribution >= 4 is 16.8 Å². The van der Waals surface area contributed by atoms with E-state index in [1.54, 1.807) is 7.11 Å². The molecule has 0 amide bonds. The summed E-state index contributed by atoms with van der Waals surface area (Å²) in [5.41, 5.74) is 0.697. The van der Waals surface area contributed by atoms with Gasteiger partial charge in [-0.05, 0) is 22.9 Å². The van der Waals surface area contributed by atoms with Crippen molar-refractivity contribution in [3.63, 3.8) is 0 Å². The van der Waals surface area contributed by atoms with Crippen molar-refractivity contribution in [3.8, 4) is 5.75 Å². The predicted molar refractivity (Wildman–Crippen MR) is 66.5 cm³/mol. The summed E-state index contributed by atoms with van der Waals surface area (Å²) in [4.78, 5) is 9.82. The van der Waals surface area contributed by atoms with Crippen LogP contribution in [0, 0.1) is 10.1 Å². The summed E-state index contributed by atoms with van der Waals surface area (Å²) in [7, 11) is 1.55. The lowest BCUT2D eigenvalue weighted by Gasteiger charge is -2.06. The van der Waals surface area contributed by atoms with Gasteiger partial charge in [-0.15, -0.1) is 0 Å². The van der Waals surface area contributed by atoms with E-state index in [2.05, 4.69) is 0 Å². The monoisotopic (exact) mass is 229 g/mol. The molecular formula is C13H11NO3. The van der Waals surface area contributed by atoms with Crippen LogP contribution in [0.2, 0.25) is 0 Å². The average Bonchev–Trinajstić information content (AvgIpc) is 2.35. The van der Waals surface area contributed by atoms with Gasteiger partial charge >= 0.3 is 0 Å². The Morgan fingerprint density at radius 1 is 1.24 bits per heavy atom. The predicted octanol–water partition coefficient (Wildman–Crippen LogP) is 3.10. The summed E-state index contributed by atoms with van der Waals surface area (Å²) >= 11 is 0. The molecule has 0 unspecified atom stereocenters. The van der Waals surface area contributed by atoms with Crippen LogP contribution in [-0.2, 0) is 0 Å². The van der Waals surface area contributed by atoms with Crippen LogP contribution in [0.4, 0.5) is 0 Å². The molecule has 0 bridgehead atoms. The van der Waals surface area contributed by atoms with Crippen molar-refractivity contribution < 1.29 is 9.66 Å². The van der Waals surface area contributed by atoms with E-state index in [1.165, 1.54) is 6.08 Å². The van der Waals surface area contributed by atoms with Gasteiger partial charge in [0.2, 0.25) is 6.20 Å². The number of fused-ring (bicyclic) bond motifs is 1. The van der Waals surface area contributed by atoms with Gasteiger partial charge in [0.1, 0.15) is 5.75 Å². The maximum Gasteiger partial charge on any atom is 0.235 e. The molecular weight excluding hydrogens is 218 g/mol. The molecule has 0 aliphatic heterocycles. The molecule has 86 valence electrons. The Morgan fingerprint density at radius 2 is 1.88 bits per heavy atom. The molecule has 0 saturated heterocycles. The van der Waals surface area contributed by atoms with Crippen molar-refractivity contribution in [1.29, 1.82) is 0 Å². The SMILES string of the molecule is COc1cc2ccccc2cc1/C=C/[N+](=O)[O-]. The molecule has 0 atom stereocenters. The lowest BCUT2D eigenvalue weighted by Crippen LogP contribution is -1.89. The molecule has 0 saturated carbocycles. The van der Waals surface area contributed by atoms with E-state index in [1.807, 2.05) is 36.4 Å². The molecule has 0 aliphatic rings. The smallest absolute Gasteiger partial charge is 0.235 e. The van der Waals surface area contributed by atoms with Crippen LogP contribution in [-0.4, -0.2) is 12.0 Å². The van der Waals surface area contributed by atoms with Gasteiger partial charge in [0.25, 0.3) is 0 Å². The van der Waals surface area contributed by atoms with Gasteiger partial charge in [-0.2, -0.15) is 0 Å². The minimum Gasteiger partial charge on any atom is -0.496 e. The number of ether oxygens (including phenoxy) is 1. The van der Waals surface area contributed by atoms with E-state index < -0.39 is 4.92 Å². The topological polar surface area (TPSA) is 52.4 Å². The van der Waals surface area contributed by atoms with Crippen molar-refractivity contribution in [3.05, 3.63) is 58.3 Å². The largest absolute Gasteiger partial charge is 0.496 e. The van der Waals surface area contributed by atoms with E-state index in [0.717, 1.165) is 17.0 Å². The number of hydrogen-bond donors (Lipinski definition) is 0. The molecule has 4 nitrogen and oxygen atoms in total. The van der Waals surface area contributed by atoms with Crippen molar-refractivity contribution in [2.45, 2.75) is 0 Å². The fraction of sp³-hybridized carbons (Fsp3) is 0.0769. The van der Waals surface area contributed by atoms with Crippen molar-refractivity contribution in [2.24, 2.45) is 0 Å². The van der Waals surface area contributed by atoms with Crippen LogP contribution in [0.5, 0.6) is 5.75 Å². The van der Waals surface area contributed by atoms with E-state index in [-0.39, 0.29) is 0 Å². The second kappa shape index (κ2) is 4.65. The van der Waals surface area contributed by atoms with Crippen LogP contribution in [0.3, 0.4) is 0 Å². The highest BCUT2D eigenvalue weighted by Crippen LogP contribution is 2.26. The van der Waals surface area contributed by atoms with E-state index in [4.69, 9.17) is 4.74 Å². The van der Waals surface area contributed by atoms with Gasteiger partial charge in [0, 0.05) is 11.6 Å². The first-order chi connectivity index (χ1) is 8.20. The molecule has 0 aromatic heterocycles. The van der Waals surface area contributed by atoms with Crippen LogP contribution in [0.15, 0.2) is 42.6 Å². The van der Waals surface area contributed by atoms with Crippen molar-refractivity contribution in [1.82, 2.24) is 0 Å². The number of rotatable bonds is 3. The molecule has 2 aromatic rings. The average molecular weight is 229 g/mol. The molecule has 0 heterocycles. The van der Waals surface area contributed by atoms with Gasteiger partial charge < -0.3 is 4.74 Å². The quantitative estimate of drug-likeness (QED) is 0.600. The Kier molecular flexibility index (Phi) is 3.05. The standard InChI is InChI=1S/C13H11NO3/c1-17-13-9-11-5-3-2-4-10(11)8-12(13)6-7-14(15)16/h2-9H,1H3/b7-6+. The Hall–Kier alpha value is -2.36. The fourth-order valence-electron chi connectivity index (χ4n) is 1.69. The fourth-order valence-corrected chi connectivity index (χ4v) is 1.69. The zero-order chi connectivity index (χ0) is 12.3. The van der Waals surface area contributed by atoms with Gasteiger partial charge in [-0.1, -0.05) is 24.3 Å². The summed E-state index contributed by atoms with van der Waals surface area (Å²) in [6.45, 7) is 0. The van der Waals surface area contributed by atoms with Gasteiger partial charge in [-0.25, -0.2) is 0 Å². The summed E-state index contributed by atoms with van der Waals surface area (Å²) in [6.07, 6.45) is 2.35. The highest BCUT2D eigenvalue weighted by molar-refractivity contribution is 5.87. The van der Waals surface area contributed by atoms with Crippen LogP contribution >= 0.6 is 0 Å². The summed E-state index contributed by atoms with van der Waals surface area (Å²) in [6, 6.07) is 11.5. The minimum absolute atomic E-state index is 0.491. The summed E-state index contributed by atoms with van der Waals surface area (Å²) in [5, 5.41) is 12.4. The molecule has 0 radical (unpaired) electrons. The molecule has 0 spiro atoms. The molecule has 2 rings (SSSR count). The van der Waals surface area contributed by atoms with Crippen LogP contribution in [0.25, 0.3) is 16.8 Å². The van der Waals surface area contributed by atoms with Gasteiger partial charge in [0.05, 0.1) is 12.0 Å². The van der Waals surface area contributed by atoms with Crippen molar-refractivity contribution in [2.75, 3.05) is 7.11 Å². The third-order valence-corrected chi connectivity index (χ3v) is 2.47. The molecule has 0 N–H and O–H groups in total. The molecule has 0 fully saturated rings. The Labute approximate surface area is 98.3 Å². The molecule has 17 heavy (non-hydrogen) atoms. The number of benzene rings is 2. The molecule has 0 aliphatic carbocycles. The van der Waals surface area contributed by atoms with E-state index in [9.17, 15) is 10.1 Å². The van der Waals surface area contributed by atoms with Crippen LogP contribution < -0.4 is 4.74 Å². The highest BCUT2D eigenvalue weighted by Gasteiger charge is 2.03. The maximum absolute atomic E-state index is 10.3. The normalized spacial score (nSPS) is 10.9. The highest BCUT2D eigenvalue weighted by atomic mass is 16.6. The number of nitrogens with zero attached hydrogens (tertiary/aromatic N) is 1. The van der Waals surface area contributed by atoms with Gasteiger partial charge in [0.15, 0.2) is 0 Å². The van der Waals surface area contributed by atoms with E-state index in [0.29, 0.717) is 11.3 Å². The first-order valence-electron chi connectivity index (χ1n) is 5.09. The van der Waals surface area contributed by atoms with E-state index >= 15 is 0 Å². The third-order valence-electron chi connectivity index (χ3n) is 2.47. The second-order valence-electron chi connectivity index (χ2n) is 3.54. The third kappa shape index (κ3) is 2.42. The summed E-state index contributed by atoms with van der Waals surface area (Å²) in [5.74, 6) is 0.627. The zero-order valence-corrected chi connectivity index (χ0v) is 9.29. The lowest BCUT2D eigenvalue weighted by atomic mass is 10.1. The first-order valence-corrected chi connectivity index (χ1v) is 5.09. The maximum atomic E-state index is 10.3. The summed E-state index contributed by atoms with van der Waals surface area (Å²) < 4.78 is 5.21. The number of methoxy groups -OCH3 is 1. The molecule has 2 aromatic carbocycles. The minimum atomic E-state index is -0.491. The Bertz CT molecular complexity index is 590. The van der Waals surface area contributed by atoms with Gasteiger partial charge in [-0.3, -0.25) is 10.1 Å². The Balaban J connectivity index is 2.56. The first kappa shape index (κ1) is 11.1. The van der Waals surface area contributed by atoms with Crippen LogP contribution in [0.1, 0.15) is 5.56 Å². The number of nitro groups is 1. The Morgan fingerprint density at radius 3 is 2.47 bits per heavy atom. The lowest BCUT2D eigenvalue weighted by molar-refractivity contribution is -0.400. The number of hydrogen-bond acceptors (Lipinski definition) is 3.